The summed E-state index contributed by atoms with van der Waals surface area (Å²) in [4.78, 5) is 10.7. The molecule has 0 aromatic heterocycles. The zero-order valence-electron chi connectivity index (χ0n) is 8.55. The van der Waals surface area contributed by atoms with Gasteiger partial charge in [-0.1, -0.05) is 6.07 Å². The molecule has 5 nitrogen and oxygen atoms in total. The zero-order chi connectivity index (χ0) is 12.3. The molecule has 0 bridgehead atoms. The summed E-state index contributed by atoms with van der Waals surface area (Å²) in [6.07, 6.45) is -3.00. The van der Waals surface area contributed by atoms with E-state index >= 15 is 0 Å². The molecule has 2 atom stereocenters. The maximum atomic E-state index is 10.7. The van der Waals surface area contributed by atoms with Gasteiger partial charge in [0.1, 0.15) is 11.9 Å². The van der Waals surface area contributed by atoms with Gasteiger partial charge >= 0.3 is 0 Å². The number of carbonyl (C=O) groups is 1. The smallest absolute Gasteiger partial charge is 0.249 e. The lowest BCUT2D eigenvalue weighted by molar-refractivity contribution is -0.131. The third-order valence-corrected chi connectivity index (χ3v) is 2.76. The molecule has 0 fully saturated rings. The van der Waals surface area contributed by atoms with Crippen LogP contribution in [0.15, 0.2) is 22.7 Å². The van der Waals surface area contributed by atoms with E-state index < -0.39 is 18.1 Å². The SMILES string of the molecule is COc1cc(C(O)C(O)C(N)=O)ccc1Br. The van der Waals surface area contributed by atoms with Gasteiger partial charge < -0.3 is 20.7 Å². The quantitative estimate of drug-likeness (QED) is 0.745. The topological polar surface area (TPSA) is 92.8 Å². The molecule has 0 heterocycles. The minimum atomic E-state index is -1.63. The van der Waals surface area contributed by atoms with Gasteiger partial charge in [-0.05, 0) is 33.6 Å². The van der Waals surface area contributed by atoms with Gasteiger partial charge in [0.2, 0.25) is 5.91 Å². The Labute approximate surface area is 101 Å². The number of aliphatic hydroxyl groups is 2. The maximum Gasteiger partial charge on any atom is 0.249 e. The Balaban J connectivity index is 3.00. The number of primary amides is 1. The summed E-state index contributed by atoms with van der Waals surface area (Å²) in [5.74, 6) is -0.484. The highest BCUT2D eigenvalue weighted by atomic mass is 79.9. The minimum Gasteiger partial charge on any atom is -0.496 e. The molecule has 0 saturated heterocycles. The van der Waals surface area contributed by atoms with Crippen molar-refractivity contribution in [2.24, 2.45) is 5.73 Å². The predicted molar refractivity (Wildman–Crippen MR) is 60.9 cm³/mol. The van der Waals surface area contributed by atoms with E-state index in [2.05, 4.69) is 15.9 Å². The molecule has 0 spiro atoms. The number of halogens is 1. The molecule has 0 radical (unpaired) electrons. The van der Waals surface area contributed by atoms with Crippen LogP contribution in [0.2, 0.25) is 0 Å². The Bertz CT molecular complexity index is 396. The number of carbonyl (C=O) groups excluding carboxylic acids is 1. The van der Waals surface area contributed by atoms with Crippen molar-refractivity contribution in [1.29, 1.82) is 0 Å². The molecule has 6 heteroatoms. The lowest BCUT2D eigenvalue weighted by atomic mass is 10.0. The van der Waals surface area contributed by atoms with Crippen molar-refractivity contribution in [3.05, 3.63) is 28.2 Å². The Morgan fingerprint density at radius 3 is 2.62 bits per heavy atom. The van der Waals surface area contributed by atoms with Crippen LogP contribution in [0.4, 0.5) is 0 Å². The molecule has 0 aliphatic rings. The van der Waals surface area contributed by atoms with Crippen molar-refractivity contribution in [3.63, 3.8) is 0 Å². The first-order valence-corrected chi connectivity index (χ1v) is 5.25. The number of ether oxygens (including phenoxy) is 1. The number of hydrogen-bond acceptors (Lipinski definition) is 4. The highest BCUT2D eigenvalue weighted by Gasteiger charge is 2.23. The van der Waals surface area contributed by atoms with E-state index in [9.17, 15) is 15.0 Å². The van der Waals surface area contributed by atoms with Crippen LogP contribution < -0.4 is 10.5 Å². The van der Waals surface area contributed by atoms with E-state index in [1.54, 1.807) is 12.1 Å². The summed E-state index contributed by atoms with van der Waals surface area (Å²) in [6, 6.07) is 4.72. The Hall–Kier alpha value is -1.11. The van der Waals surface area contributed by atoms with Crippen molar-refractivity contribution in [2.75, 3.05) is 7.11 Å². The minimum absolute atomic E-state index is 0.353. The van der Waals surface area contributed by atoms with Crippen molar-refractivity contribution >= 4 is 21.8 Å². The Morgan fingerprint density at radius 1 is 1.50 bits per heavy atom. The lowest BCUT2D eigenvalue weighted by Gasteiger charge is -2.16. The van der Waals surface area contributed by atoms with E-state index in [0.717, 1.165) is 0 Å². The molecular weight excluding hydrogens is 278 g/mol. The number of hydrogen-bond donors (Lipinski definition) is 3. The van der Waals surface area contributed by atoms with Crippen LogP contribution in [0.25, 0.3) is 0 Å². The molecule has 4 N–H and O–H groups in total. The fraction of sp³-hybridized carbons (Fsp3) is 0.300. The molecule has 1 amide bonds. The van der Waals surface area contributed by atoms with Gasteiger partial charge in [-0.25, -0.2) is 0 Å². The lowest BCUT2D eigenvalue weighted by Crippen LogP contribution is -2.33. The van der Waals surface area contributed by atoms with Crippen molar-refractivity contribution < 1.29 is 19.7 Å². The predicted octanol–water partition coefficient (Wildman–Crippen LogP) is 0.337. The standard InChI is InChI=1S/C10H12BrNO4/c1-16-7-4-5(2-3-6(7)11)8(13)9(14)10(12)15/h2-4,8-9,13-14H,1H3,(H2,12,15). The summed E-state index contributed by atoms with van der Waals surface area (Å²) in [6.45, 7) is 0. The van der Waals surface area contributed by atoms with Crippen LogP contribution in [-0.2, 0) is 4.79 Å². The van der Waals surface area contributed by atoms with E-state index in [0.29, 0.717) is 15.8 Å². The van der Waals surface area contributed by atoms with Crippen LogP contribution in [-0.4, -0.2) is 29.3 Å². The first-order valence-electron chi connectivity index (χ1n) is 4.46. The summed E-state index contributed by atoms with van der Waals surface area (Å²) < 4.78 is 5.73. The number of methoxy groups -OCH3 is 1. The van der Waals surface area contributed by atoms with Gasteiger partial charge in [0, 0.05) is 0 Å². The molecule has 1 aromatic carbocycles. The fourth-order valence-electron chi connectivity index (χ4n) is 1.20. The number of nitrogens with two attached hydrogens (primary N) is 1. The van der Waals surface area contributed by atoms with Crippen molar-refractivity contribution in [3.8, 4) is 5.75 Å². The molecule has 0 aliphatic heterocycles. The third-order valence-electron chi connectivity index (χ3n) is 2.11. The van der Waals surface area contributed by atoms with E-state index in [4.69, 9.17) is 10.5 Å². The second-order valence-electron chi connectivity index (χ2n) is 3.19. The molecule has 1 rings (SSSR count). The molecule has 2 unspecified atom stereocenters. The van der Waals surface area contributed by atoms with Crippen LogP contribution in [0.5, 0.6) is 5.75 Å². The number of rotatable bonds is 4. The van der Waals surface area contributed by atoms with Crippen LogP contribution in [0, 0.1) is 0 Å². The number of benzene rings is 1. The molecular formula is C10H12BrNO4. The normalized spacial score (nSPS) is 14.2. The summed E-state index contributed by atoms with van der Waals surface area (Å²) in [5.41, 5.74) is 5.24. The van der Waals surface area contributed by atoms with Gasteiger partial charge in [-0.3, -0.25) is 4.79 Å². The van der Waals surface area contributed by atoms with E-state index in [1.165, 1.54) is 13.2 Å². The van der Waals surface area contributed by atoms with Crippen LogP contribution >= 0.6 is 15.9 Å². The van der Waals surface area contributed by atoms with Gasteiger partial charge in [0.15, 0.2) is 6.10 Å². The summed E-state index contributed by atoms with van der Waals surface area (Å²) in [7, 11) is 1.47. The van der Waals surface area contributed by atoms with Gasteiger partial charge in [-0.15, -0.1) is 0 Å². The number of aliphatic hydroxyl groups excluding tert-OH is 2. The van der Waals surface area contributed by atoms with Gasteiger partial charge in [0.05, 0.1) is 11.6 Å². The monoisotopic (exact) mass is 289 g/mol. The average Bonchev–Trinajstić information content (AvgIpc) is 2.27. The molecule has 1 aromatic rings. The largest absolute Gasteiger partial charge is 0.496 e. The maximum absolute atomic E-state index is 10.7. The molecule has 0 aliphatic carbocycles. The highest BCUT2D eigenvalue weighted by Crippen LogP contribution is 2.29. The van der Waals surface area contributed by atoms with E-state index in [-0.39, 0.29) is 0 Å². The van der Waals surface area contributed by atoms with Crippen LogP contribution in [0.1, 0.15) is 11.7 Å². The Kier molecular flexibility index (Phi) is 4.28. The summed E-state index contributed by atoms with van der Waals surface area (Å²) in [5, 5.41) is 19.0. The molecule has 88 valence electrons. The highest BCUT2D eigenvalue weighted by molar-refractivity contribution is 9.10. The summed E-state index contributed by atoms with van der Waals surface area (Å²) >= 11 is 3.24. The molecule has 0 saturated carbocycles. The first-order chi connectivity index (χ1) is 7.47. The first kappa shape index (κ1) is 13.0. The van der Waals surface area contributed by atoms with Crippen molar-refractivity contribution in [2.45, 2.75) is 12.2 Å². The van der Waals surface area contributed by atoms with Crippen molar-refractivity contribution in [1.82, 2.24) is 0 Å². The average molecular weight is 290 g/mol. The third kappa shape index (κ3) is 2.72. The zero-order valence-corrected chi connectivity index (χ0v) is 10.1. The second-order valence-corrected chi connectivity index (χ2v) is 4.04. The Morgan fingerprint density at radius 2 is 2.12 bits per heavy atom. The van der Waals surface area contributed by atoms with Gasteiger partial charge in [0.25, 0.3) is 0 Å². The fourth-order valence-corrected chi connectivity index (χ4v) is 1.61. The van der Waals surface area contributed by atoms with E-state index in [1.807, 2.05) is 0 Å². The van der Waals surface area contributed by atoms with Crippen LogP contribution in [0.3, 0.4) is 0 Å². The number of amides is 1. The molecule has 16 heavy (non-hydrogen) atoms. The second kappa shape index (κ2) is 5.29. The van der Waals surface area contributed by atoms with Gasteiger partial charge in [-0.2, -0.15) is 0 Å².